The highest BCUT2D eigenvalue weighted by molar-refractivity contribution is 6.05. The molecule has 0 unspecified atom stereocenters. The Morgan fingerprint density at radius 1 is 0.969 bits per heavy atom. The number of hydrogen-bond donors (Lipinski definition) is 1. The SMILES string of the molecule is COc1c(F)c(F)c(C(=O)Nc2ccc(-c3nc4cc(C)cc(C)c4o3)cc2)c(F)c1F. The summed E-state index contributed by atoms with van der Waals surface area (Å²) < 4.78 is 66.2. The van der Waals surface area contributed by atoms with Crippen LogP contribution in [0.15, 0.2) is 40.8 Å². The van der Waals surface area contributed by atoms with Crippen molar-refractivity contribution in [3.8, 4) is 17.2 Å². The number of carbonyl (C=O) groups excluding carboxylic acids is 1. The molecule has 0 saturated carbocycles. The average molecular weight is 444 g/mol. The Balaban J connectivity index is 1.61. The molecule has 4 rings (SSSR count). The van der Waals surface area contributed by atoms with Gasteiger partial charge in [-0.15, -0.1) is 0 Å². The minimum Gasteiger partial charge on any atom is -0.491 e. The van der Waals surface area contributed by atoms with Gasteiger partial charge in [-0.1, -0.05) is 6.07 Å². The summed E-state index contributed by atoms with van der Waals surface area (Å²) in [6.45, 7) is 3.86. The van der Waals surface area contributed by atoms with Gasteiger partial charge in [0.1, 0.15) is 11.1 Å². The maximum atomic E-state index is 14.1. The normalized spacial score (nSPS) is 11.1. The van der Waals surface area contributed by atoms with Crippen molar-refractivity contribution in [3.63, 3.8) is 0 Å². The minimum absolute atomic E-state index is 0.136. The van der Waals surface area contributed by atoms with E-state index in [0.717, 1.165) is 18.2 Å². The number of halogens is 4. The number of nitrogens with one attached hydrogen (secondary N) is 1. The molecule has 1 aromatic heterocycles. The molecule has 0 atom stereocenters. The molecule has 0 aliphatic rings. The van der Waals surface area contributed by atoms with Crippen LogP contribution in [0.2, 0.25) is 0 Å². The molecule has 0 radical (unpaired) electrons. The Morgan fingerprint density at radius 3 is 2.19 bits per heavy atom. The summed E-state index contributed by atoms with van der Waals surface area (Å²) in [6.07, 6.45) is 0. The van der Waals surface area contributed by atoms with Gasteiger partial charge in [-0.3, -0.25) is 4.79 Å². The summed E-state index contributed by atoms with van der Waals surface area (Å²) in [4.78, 5) is 16.8. The van der Waals surface area contributed by atoms with Crippen LogP contribution in [0.25, 0.3) is 22.6 Å². The van der Waals surface area contributed by atoms with Gasteiger partial charge in [0.15, 0.2) is 23.0 Å². The Bertz CT molecular complexity index is 1340. The number of carbonyl (C=O) groups is 1. The van der Waals surface area contributed by atoms with Crippen LogP contribution in [-0.4, -0.2) is 18.0 Å². The molecule has 0 bridgehead atoms. The second-order valence-corrected chi connectivity index (χ2v) is 7.14. The fourth-order valence-corrected chi connectivity index (χ4v) is 3.38. The van der Waals surface area contributed by atoms with E-state index in [1.807, 2.05) is 26.0 Å². The van der Waals surface area contributed by atoms with Gasteiger partial charge in [0.25, 0.3) is 5.91 Å². The number of benzene rings is 3. The molecule has 5 nitrogen and oxygen atoms in total. The van der Waals surface area contributed by atoms with Crippen LogP contribution < -0.4 is 10.1 Å². The van der Waals surface area contributed by atoms with Crippen LogP contribution in [0.5, 0.6) is 5.75 Å². The molecule has 1 heterocycles. The summed E-state index contributed by atoms with van der Waals surface area (Å²) in [5.41, 5.74) is 2.66. The molecule has 1 amide bonds. The first-order valence-corrected chi connectivity index (χ1v) is 9.40. The number of fused-ring (bicyclic) bond motifs is 1. The molecule has 3 aromatic carbocycles. The molecule has 4 aromatic rings. The molecule has 32 heavy (non-hydrogen) atoms. The maximum absolute atomic E-state index is 14.1. The number of ether oxygens (including phenoxy) is 1. The zero-order valence-electron chi connectivity index (χ0n) is 17.1. The molecular formula is C23H16F4N2O3. The predicted octanol–water partition coefficient (Wildman–Crippen LogP) is 5.93. The van der Waals surface area contributed by atoms with Gasteiger partial charge in [0.2, 0.25) is 17.5 Å². The number of methoxy groups -OCH3 is 1. The fourth-order valence-electron chi connectivity index (χ4n) is 3.38. The van der Waals surface area contributed by atoms with Gasteiger partial charge >= 0.3 is 0 Å². The van der Waals surface area contributed by atoms with Crippen LogP contribution in [0.1, 0.15) is 21.5 Å². The number of amides is 1. The first-order chi connectivity index (χ1) is 15.2. The Kier molecular flexibility index (Phi) is 5.33. The number of nitrogens with zero attached hydrogens (tertiary/aromatic N) is 1. The number of hydrogen-bond acceptors (Lipinski definition) is 4. The van der Waals surface area contributed by atoms with Crippen molar-refractivity contribution in [2.45, 2.75) is 13.8 Å². The zero-order valence-corrected chi connectivity index (χ0v) is 17.1. The van der Waals surface area contributed by atoms with E-state index >= 15 is 0 Å². The Hall–Kier alpha value is -3.88. The van der Waals surface area contributed by atoms with Gasteiger partial charge < -0.3 is 14.5 Å². The van der Waals surface area contributed by atoms with Crippen molar-refractivity contribution in [2.75, 3.05) is 12.4 Å². The molecule has 0 fully saturated rings. The standard InChI is InChI=1S/C23H16F4N2O3/c1-10-8-11(2)20-14(9-10)29-23(32-20)12-4-6-13(7-5-12)28-22(30)15-16(24)18(26)21(31-3)19(27)17(15)25/h4-9H,1-3H3,(H,28,30). The monoisotopic (exact) mass is 444 g/mol. The highest BCUT2D eigenvalue weighted by Gasteiger charge is 2.30. The van der Waals surface area contributed by atoms with Crippen LogP contribution in [0.4, 0.5) is 23.2 Å². The topological polar surface area (TPSA) is 64.4 Å². The minimum atomic E-state index is -1.85. The first kappa shape index (κ1) is 21.4. The molecular weight excluding hydrogens is 428 g/mol. The number of oxazole rings is 1. The van der Waals surface area contributed by atoms with E-state index in [1.165, 1.54) is 12.1 Å². The van der Waals surface area contributed by atoms with Crippen molar-refractivity contribution < 1.29 is 31.5 Å². The molecule has 0 aliphatic heterocycles. The molecule has 0 saturated heterocycles. The summed E-state index contributed by atoms with van der Waals surface area (Å²) >= 11 is 0. The molecule has 164 valence electrons. The average Bonchev–Trinajstić information content (AvgIpc) is 3.18. The van der Waals surface area contributed by atoms with Gasteiger partial charge in [0, 0.05) is 11.3 Å². The quantitative estimate of drug-likeness (QED) is 0.313. The van der Waals surface area contributed by atoms with Gasteiger partial charge in [0.05, 0.1) is 7.11 Å². The number of aromatic nitrogens is 1. The van der Waals surface area contributed by atoms with E-state index in [9.17, 15) is 22.4 Å². The largest absolute Gasteiger partial charge is 0.491 e. The van der Waals surface area contributed by atoms with Crippen molar-refractivity contribution in [1.29, 1.82) is 0 Å². The van der Waals surface area contributed by atoms with Gasteiger partial charge in [-0.2, -0.15) is 8.78 Å². The molecule has 0 aliphatic carbocycles. The van der Waals surface area contributed by atoms with Gasteiger partial charge in [-0.05, 0) is 55.3 Å². The van der Waals surface area contributed by atoms with Gasteiger partial charge in [-0.25, -0.2) is 13.8 Å². The summed E-state index contributed by atoms with van der Waals surface area (Å²) in [7, 11) is 0.848. The third kappa shape index (κ3) is 3.55. The lowest BCUT2D eigenvalue weighted by Gasteiger charge is -2.11. The molecule has 0 spiro atoms. The second kappa shape index (κ2) is 7.99. The summed E-state index contributed by atoms with van der Waals surface area (Å²) in [6, 6.07) is 9.88. The third-order valence-electron chi connectivity index (χ3n) is 4.86. The summed E-state index contributed by atoms with van der Waals surface area (Å²) in [5.74, 6) is -9.56. The predicted molar refractivity (Wildman–Crippen MR) is 110 cm³/mol. The van der Waals surface area contributed by atoms with Crippen LogP contribution in [0.3, 0.4) is 0 Å². The smallest absolute Gasteiger partial charge is 0.261 e. The lowest BCUT2D eigenvalue weighted by atomic mass is 10.1. The summed E-state index contributed by atoms with van der Waals surface area (Å²) in [5, 5.41) is 2.21. The first-order valence-electron chi connectivity index (χ1n) is 9.40. The molecule has 9 heteroatoms. The van der Waals surface area contributed by atoms with Crippen molar-refractivity contribution in [2.24, 2.45) is 0 Å². The number of aryl methyl sites for hydroxylation is 2. The molecule has 1 N–H and O–H groups in total. The van der Waals surface area contributed by atoms with Crippen LogP contribution in [0, 0.1) is 37.1 Å². The van der Waals surface area contributed by atoms with Crippen molar-refractivity contribution in [3.05, 3.63) is 76.4 Å². The van der Waals surface area contributed by atoms with E-state index < -0.39 is 40.5 Å². The maximum Gasteiger partial charge on any atom is 0.261 e. The van der Waals surface area contributed by atoms with E-state index in [1.54, 1.807) is 12.1 Å². The van der Waals surface area contributed by atoms with Crippen molar-refractivity contribution >= 4 is 22.7 Å². The lowest BCUT2D eigenvalue weighted by Crippen LogP contribution is -2.18. The van der Waals surface area contributed by atoms with E-state index in [4.69, 9.17) is 4.42 Å². The number of anilines is 1. The fraction of sp³-hybridized carbons (Fsp3) is 0.130. The Labute approximate surface area is 179 Å². The third-order valence-corrected chi connectivity index (χ3v) is 4.86. The second-order valence-electron chi connectivity index (χ2n) is 7.14. The number of rotatable bonds is 4. The van der Waals surface area contributed by atoms with Crippen LogP contribution >= 0.6 is 0 Å². The van der Waals surface area contributed by atoms with Crippen LogP contribution in [-0.2, 0) is 0 Å². The van der Waals surface area contributed by atoms with E-state index in [-0.39, 0.29) is 5.69 Å². The highest BCUT2D eigenvalue weighted by atomic mass is 19.2. The lowest BCUT2D eigenvalue weighted by molar-refractivity contribution is 0.101. The zero-order chi connectivity index (χ0) is 23.2. The van der Waals surface area contributed by atoms with Crippen molar-refractivity contribution in [1.82, 2.24) is 4.98 Å². The Morgan fingerprint density at radius 2 is 1.59 bits per heavy atom. The highest BCUT2D eigenvalue weighted by Crippen LogP contribution is 2.31. The van der Waals surface area contributed by atoms with E-state index in [0.29, 0.717) is 22.6 Å². The van der Waals surface area contributed by atoms with E-state index in [2.05, 4.69) is 15.0 Å².